The van der Waals surface area contributed by atoms with Crippen molar-refractivity contribution in [2.75, 3.05) is 6.61 Å². The molecule has 0 unspecified atom stereocenters. The van der Waals surface area contributed by atoms with Gasteiger partial charge in [0.1, 0.15) is 6.10 Å². The van der Waals surface area contributed by atoms with Crippen LogP contribution in [0.3, 0.4) is 0 Å². The fourth-order valence-electron chi connectivity index (χ4n) is 7.77. The molecule has 5 rings (SSSR count). The minimum atomic E-state index is -3.21. The van der Waals surface area contributed by atoms with Crippen LogP contribution in [-0.2, 0) is 18.4 Å². The highest BCUT2D eigenvalue weighted by Gasteiger charge is 2.61. The monoisotopic (exact) mass is 696 g/mol. The molecule has 4 aromatic rings. The highest BCUT2D eigenvalue weighted by atomic mass is 28.4. The number of aliphatic hydroxyl groups excluding tert-OH is 1. The SMILES string of the molecule is CCOC(=O)[C@]1(O)C[C@H](O[Si](c2ccccc2)(c2ccccc2)C(C)(C)C)C[C@H](O[Si](c2ccccc2)(c2ccccc2)C(C)(C)C)[C@H]1O. The van der Waals surface area contributed by atoms with Gasteiger partial charge < -0.3 is 23.8 Å². The van der Waals surface area contributed by atoms with Crippen LogP contribution < -0.4 is 20.7 Å². The van der Waals surface area contributed by atoms with Crippen molar-refractivity contribution >= 4 is 43.4 Å². The van der Waals surface area contributed by atoms with Gasteiger partial charge in [0.25, 0.3) is 16.6 Å². The number of esters is 1. The predicted molar refractivity (Wildman–Crippen MR) is 202 cm³/mol. The van der Waals surface area contributed by atoms with Gasteiger partial charge in [0.05, 0.1) is 18.8 Å². The molecular weight excluding hydrogens is 645 g/mol. The first-order valence-electron chi connectivity index (χ1n) is 17.4. The lowest BCUT2D eigenvalue weighted by Gasteiger charge is -2.52. The molecule has 0 bridgehead atoms. The summed E-state index contributed by atoms with van der Waals surface area (Å²) < 4.78 is 20.4. The summed E-state index contributed by atoms with van der Waals surface area (Å²) >= 11 is 0. The van der Waals surface area contributed by atoms with E-state index in [-0.39, 0.29) is 24.5 Å². The molecule has 4 atom stereocenters. The zero-order chi connectivity index (χ0) is 35.5. The van der Waals surface area contributed by atoms with Crippen molar-refractivity contribution in [3.63, 3.8) is 0 Å². The second-order valence-electron chi connectivity index (χ2n) is 15.3. The molecule has 6 nitrogen and oxygen atoms in total. The van der Waals surface area contributed by atoms with Gasteiger partial charge in [0, 0.05) is 12.8 Å². The lowest BCUT2D eigenvalue weighted by molar-refractivity contribution is -0.203. The molecule has 1 aliphatic rings. The number of aliphatic hydroxyl groups is 2. The van der Waals surface area contributed by atoms with Crippen LogP contribution in [0.15, 0.2) is 121 Å². The van der Waals surface area contributed by atoms with E-state index >= 15 is 0 Å². The summed E-state index contributed by atoms with van der Waals surface area (Å²) in [5, 5.41) is 27.9. The summed E-state index contributed by atoms with van der Waals surface area (Å²) in [5.41, 5.74) is -2.25. The maximum atomic E-state index is 13.7. The maximum absolute atomic E-state index is 13.7. The number of carbonyl (C=O) groups excluding carboxylic acids is 1. The maximum Gasteiger partial charge on any atom is 0.341 e. The first kappa shape index (κ1) is 36.9. The van der Waals surface area contributed by atoms with Crippen molar-refractivity contribution in [3.8, 4) is 0 Å². The van der Waals surface area contributed by atoms with E-state index in [9.17, 15) is 15.0 Å². The molecule has 0 radical (unpaired) electrons. The van der Waals surface area contributed by atoms with E-state index < -0.39 is 51.6 Å². The van der Waals surface area contributed by atoms with Gasteiger partial charge in [-0.2, -0.15) is 0 Å². The third-order valence-corrected chi connectivity index (χ3v) is 20.2. The fraction of sp³-hybridized carbons (Fsp3) is 0.390. The largest absolute Gasteiger partial charge is 0.464 e. The van der Waals surface area contributed by atoms with Crippen molar-refractivity contribution in [2.24, 2.45) is 0 Å². The Morgan fingerprint density at radius 3 is 1.35 bits per heavy atom. The van der Waals surface area contributed by atoms with Crippen LogP contribution in [-0.4, -0.2) is 63.3 Å². The topological polar surface area (TPSA) is 85.2 Å². The molecule has 2 N–H and O–H groups in total. The first-order chi connectivity index (χ1) is 23.2. The summed E-state index contributed by atoms with van der Waals surface area (Å²) in [5.74, 6) is -0.866. The van der Waals surface area contributed by atoms with Crippen molar-refractivity contribution in [3.05, 3.63) is 121 Å². The van der Waals surface area contributed by atoms with E-state index in [0.29, 0.717) is 0 Å². The molecule has 0 heterocycles. The van der Waals surface area contributed by atoms with Gasteiger partial charge in [-0.3, -0.25) is 0 Å². The van der Waals surface area contributed by atoms with Gasteiger partial charge in [0.15, 0.2) is 5.60 Å². The Labute approximate surface area is 294 Å². The molecule has 4 aromatic carbocycles. The Hall–Kier alpha value is -3.38. The summed E-state index contributed by atoms with van der Waals surface area (Å²) in [6, 6.07) is 41.0. The molecule has 0 saturated heterocycles. The Kier molecular flexibility index (Phi) is 10.9. The van der Waals surface area contributed by atoms with Crippen LogP contribution in [0.1, 0.15) is 61.3 Å². The smallest absolute Gasteiger partial charge is 0.341 e. The van der Waals surface area contributed by atoms with E-state index in [1.807, 2.05) is 72.8 Å². The van der Waals surface area contributed by atoms with Crippen LogP contribution in [0.25, 0.3) is 0 Å². The lowest BCUT2D eigenvalue weighted by Crippen LogP contribution is -2.73. The molecule has 1 aliphatic carbocycles. The summed E-state index contributed by atoms with van der Waals surface area (Å²) in [6.45, 7) is 14.9. The lowest BCUT2D eigenvalue weighted by atomic mass is 9.79. The van der Waals surface area contributed by atoms with Gasteiger partial charge in [-0.15, -0.1) is 0 Å². The van der Waals surface area contributed by atoms with Crippen molar-refractivity contribution in [2.45, 2.75) is 95.3 Å². The number of hydrogen-bond acceptors (Lipinski definition) is 6. The first-order valence-corrected chi connectivity index (χ1v) is 21.2. The molecule has 0 aliphatic heterocycles. The summed E-state index contributed by atoms with van der Waals surface area (Å²) in [4.78, 5) is 13.7. The van der Waals surface area contributed by atoms with Crippen LogP contribution in [0.4, 0.5) is 0 Å². The normalized spacial score (nSPS) is 22.0. The second kappa shape index (κ2) is 14.5. The van der Waals surface area contributed by atoms with E-state index in [1.165, 1.54) is 0 Å². The number of ether oxygens (including phenoxy) is 1. The van der Waals surface area contributed by atoms with Crippen molar-refractivity contribution in [1.82, 2.24) is 0 Å². The van der Waals surface area contributed by atoms with Crippen LogP contribution in [0.5, 0.6) is 0 Å². The highest BCUT2D eigenvalue weighted by molar-refractivity contribution is 7.00. The Morgan fingerprint density at radius 1 is 0.673 bits per heavy atom. The molecule has 0 spiro atoms. The average Bonchev–Trinajstić information content (AvgIpc) is 3.08. The van der Waals surface area contributed by atoms with Gasteiger partial charge in [-0.1, -0.05) is 163 Å². The number of hydrogen-bond donors (Lipinski definition) is 2. The van der Waals surface area contributed by atoms with E-state index in [2.05, 4.69) is 90.1 Å². The fourth-order valence-corrected chi connectivity index (χ4v) is 17.2. The van der Waals surface area contributed by atoms with E-state index in [1.54, 1.807) is 6.92 Å². The molecule has 1 fully saturated rings. The second-order valence-corrected chi connectivity index (χ2v) is 23.8. The van der Waals surface area contributed by atoms with Gasteiger partial charge >= 0.3 is 5.97 Å². The number of benzene rings is 4. The quantitative estimate of drug-likeness (QED) is 0.173. The average molecular weight is 697 g/mol. The molecule has 260 valence electrons. The van der Waals surface area contributed by atoms with Crippen molar-refractivity contribution < 1.29 is 28.6 Å². The van der Waals surface area contributed by atoms with Gasteiger partial charge in [-0.05, 0) is 37.7 Å². The third kappa shape index (κ3) is 6.87. The van der Waals surface area contributed by atoms with E-state index in [0.717, 1.165) is 20.7 Å². The molecular formula is C41H52O6Si2. The van der Waals surface area contributed by atoms with Crippen LogP contribution >= 0.6 is 0 Å². The van der Waals surface area contributed by atoms with Crippen LogP contribution in [0.2, 0.25) is 10.1 Å². The molecule has 8 heteroatoms. The number of rotatable bonds is 10. The standard InChI is InChI=1S/C41H52O6Si2/c1-8-45-38(43)41(44)30-31(46-48(39(2,3)4,32-21-13-9-14-22-32)33-23-15-10-16-24-33)29-36(37(41)42)47-49(40(5,6)7,34-25-17-11-18-26-34)35-27-19-12-20-28-35/h9-28,31,36-37,42,44H,8,29-30H2,1-7H3/t31-,36+,37-,41+/m1/s1. The third-order valence-electron chi connectivity index (χ3n) is 10.0. The minimum Gasteiger partial charge on any atom is -0.464 e. The molecule has 49 heavy (non-hydrogen) atoms. The number of carbonyl (C=O) groups is 1. The molecule has 1 saturated carbocycles. The van der Waals surface area contributed by atoms with Gasteiger partial charge in [-0.25, -0.2) is 4.79 Å². The Balaban J connectivity index is 1.70. The zero-order valence-corrected chi connectivity index (χ0v) is 31.9. The molecule has 0 amide bonds. The summed E-state index contributed by atoms with van der Waals surface area (Å²) in [6.07, 6.45) is -2.99. The van der Waals surface area contributed by atoms with Gasteiger partial charge in [0.2, 0.25) is 0 Å². The van der Waals surface area contributed by atoms with Crippen molar-refractivity contribution in [1.29, 1.82) is 0 Å². The van der Waals surface area contributed by atoms with E-state index in [4.69, 9.17) is 13.6 Å². The van der Waals surface area contributed by atoms with Crippen LogP contribution in [0, 0.1) is 0 Å². The zero-order valence-electron chi connectivity index (χ0n) is 29.9. The highest BCUT2D eigenvalue weighted by Crippen LogP contribution is 2.44. The minimum absolute atomic E-state index is 0.0638. The molecule has 0 aromatic heterocycles. The predicted octanol–water partition coefficient (Wildman–Crippen LogP) is 5.33. The Morgan fingerprint density at radius 2 is 1.02 bits per heavy atom. The Bertz CT molecular complexity index is 1580. The summed E-state index contributed by atoms with van der Waals surface area (Å²) in [7, 11) is -6.33.